The smallest absolute Gasteiger partial charge is 0.403 e. The van der Waals surface area contributed by atoms with Crippen molar-refractivity contribution in [1.82, 2.24) is 4.90 Å². The Labute approximate surface area is 101 Å². The van der Waals surface area contributed by atoms with Crippen LogP contribution in [0.3, 0.4) is 0 Å². The molecule has 1 aliphatic heterocycles. The van der Waals surface area contributed by atoms with Crippen molar-refractivity contribution in [3.8, 4) is 0 Å². The summed E-state index contributed by atoms with van der Waals surface area (Å²) in [7, 11) is 0. The number of amides is 1. The highest BCUT2D eigenvalue weighted by Gasteiger charge is 2.71. The van der Waals surface area contributed by atoms with Gasteiger partial charge in [0.2, 0.25) is 5.91 Å². The lowest BCUT2D eigenvalue weighted by Crippen LogP contribution is -2.50. The van der Waals surface area contributed by atoms with E-state index in [9.17, 15) is 22.8 Å². The molecule has 3 atom stereocenters. The highest BCUT2D eigenvalue weighted by atomic mass is 19.4. The molecule has 2 saturated carbocycles. The third-order valence-corrected chi connectivity index (χ3v) is 4.37. The van der Waals surface area contributed by atoms with E-state index >= 15 is 0 Å². The van der Waals surface area contributed by atoms with Crippen molar-refractivity contribution in [2.24, 2.45) is 17.3 Å². The summed E-state index contributed by atoms with van der Waals surface area (Å²) >= 11 is 0. The number of fused-ring (bicyclic) bond motifs is 1. The number of halogens is 3. The van der Waals surface area contributed by atoms with Crippen LogP contribution in [0.1, 0.15) is 19.3 Å². The molecule has 7 heteroatoms. The number of aliphatic carboxylic acids is 1. The monoisotopic (exact) mass is 263 g/mol. The molecule has 1 amide bonds. The quantitative estimate of drug-likeness (QED) is 0.816. The van der Waals surface area contributed by atoms with Crippen LogP contribution in [-0.4, -0.2) is 40.6 Å². The van der Waals surface area contributed by atoms with E-state index < -0.39 is 29.5 Å². The van der Waals surface area contributed by atoms with E-state index in [-0.39, 0.29) is 31.2 Å². The summed E-state index contributed by atoms with van der Waals surface area (Å²) in [6.07, 6.45) is -4.29. The normalized spacial score (nSPS) is 36.2. The SMILES string of the molecule is O=C(O)C1C2CC2CN1C(=O)C1(C(F)(F)F)CC1. The van der Waals surface area contributed by atoms with Crippen molar-refractivity contribution >= 4 is 11.9 Å². The van der Waals surface area contributed by atoms with E-state index in [1.807, 2.05) is 0 Å². The lowest BCUT2D eigenvalue weighted by Gasteiger charge is -2.29. The Morgan fingerprint density at radius 2 is 1.89 bits per heavy atom. The average Bonchev–Trinajstić information content (AvgIpc) is 3.13. The van der Waals surface area contributed by atoms with Gasteiger partial charge >= 0.3 is 12.1 Å². The first-order valence-electron chi connectivity index (χ1n) is 5.88. The molecule has 1 saturated heterocycles. The van der Waals surface area contributed by atoms with Gasteiger partial charge in [0.05, 0.1) is 0 Å². The number of hydrogen-bond donors (Lipinski definition) is 1. The summed E-state index contributed by atoms with van der Waals surface area (Å²) in [6, 6.07) is -1.05. The second-order valence-electron chi connectivity index (χ2n) is 5.48. The fourth-order valence-electron chi connectivity index (χ4n) is 3.01. The van der Waals surface area contributed by atoms with Gasteiger partial charge in [-0.25, -0.2) is 4.79 Å². The fraction of sp³-hybridized carbons (Fsp3) is 0.818. The zero-order valence-corrected chi connectivity index (χ0v) is 9.41. The van der Waals surface area contributed by atoms with Crippen LogP contribution < -0.4 is 0 Å². The number of piperidine rings is 1. The van der Waals surface area contributed by atoms with Crippen molar-refractivity contribution in [2.45, 2.75) is 31.5 Å². The molecule has 3 fully saturated rings. The maximum Gasteiger partial charge on any atom is 0.403 e. The number of alkyl halides is 3. The summed E-state index contributed by atoms with van der Waals surface area (Å²) < 4.78 is 38.5. The van der Waals surface area contributed by atoms with Gasteiger partial charge in [0.15, 0.2) is 0 Å². The number of carbonyl (C=O) groups is 2. The van der Waals surface area contributed by atoms with E-state index in [4.69, 9.17) is 5.11 Å². The first kappa shape index (κ1) is 11.8. The van der Waals surface area contributed by atoms with E-state index in [1.165, 1.54) is 0 Å². The Balaban J connectivity index is 1.84. The summed E-state index contributed by atoms with van der Waals surface area (Å²) in [6.45, 7) is 0.165. The maximum atomic E-state index is 12.8. The van der Waals surface area contributed by atoms with Crippen LogP contribution >= 0.6 is 0 Å². The molecule has 3 rings (SSSR count). The van der Waals surface area contributed by atoms with Crippen LogP contribution in [0.2, 0.25) is 0 Å². The van der Waals surface area contributed by atoms with Gasteiger partial charge in [-0.2, -0.15) is 13.2 Å². The van der Waals surface area contributed by atoms with Gasteiger partial charge in [-0.3, -0.25) is 4.79 Å². The predicted molar refractivity (Wildman–Crippen MR) is 52.5 cm³/mol. The molecule has 4 nitrogen and oxygen atoms in total. The van der Waals surface area contributed by atoms with Crippen LogP contribution in [0.25, 0.3) is 0 Å². The van der Waals surface area contributed by atoms with Crippen molar-refractivity contribution in [3.63, 3.8) is 0 Å². The van der Waals surface area contributed by atoms with E-state index in [2.05, 4.69) is 0 Å². The topological polar surface area (TPSA) is 57.6 Å². The molecule has 3 aliphatic rings. The number of nitrogens with zero attached hydrogens (tertiary/aromatic N) is 1. The fourth-order valence-corrected chi connectivity index (χ4v) is 3.01. The molecular weight excluding hydrogens is 251 g/mol. The van der Waals surface area contributed by atoms with Crippen molar-refractivity contribution in [2.75, 3.05) is 6.54 Å². The van der Waals surface area contributed by atoms with E-state index in [0.29, 0.717) is 6.42 Å². The van der Waals surface area contributed by atoms with Crippen molar-refractivity contribution in [3.05, 3.63) is 0 Å². The summed E-state index contributed by atoms with van der Waals surface area (Å²) in [4.78, 5) is 24.0. The molecule has 0 aromatic rings. The molecule has 0 aromatic carbocycles. The Morgan fingerprint density at radius 1 is 1.28 bits per heavy atom. The lowest BCUT2D eigenvalue weighted by molar-refractivity contribution is -0.200. The highest BCUT2D eigenvalue weighted by Crippen LogP contribution is 2.60. The third-order valence-electron chi connectivity index (χ3n) is 4.37. The van der Waals surface area contributed by atoms with Crippen molar-refractivity contribution in [1.29, 1.82) is 0 Å². The van der Waals surface area contributed by atoms with Gasteiger partial charge in [0, 0.05) is 6.54 Å². The Bertz CT molecular complexity index is 430. The van der Waals surface area contributed by atoms with Gasteiger partial charge in [-0.05, 0) is 31.1 Å². The van der Waals surface area contributed by atoms with Crippen LogP contribution in [0.4, 0.5) is 13.2 Å². The third kappa shape index (κ3) is 1.39. The minimum Gasteiger partial charge on any atom is -0.480 e. The number of carbonyl (C=O) groups excluding carboxylic acids is 1. The van der Waals surface area contributed by atoms with Gasteiger partial charge in [0.1, 0.15) is 11.5 Å². The van der Waals surface area contributed by atoms with Crippen LogP contribution in [0, 0.1) is 17.3 Å². The zero-order chi connectivity index (χ0) is 13.3. The molecule has 100 valence electrons. The summed E-state index contributed by atoms with van der Waals surface area (Å²) in [5.41, 5.74) is -2.29. The van der Waals surface area contributed by atoms with Gasteiger partial charge < -0.3 is 10.0 Å². The van der Waals surface area contributed by atoms with E-state index in [1.54, 1.807) is 0 Å². The molecular formula is C11H12F3NO3. The Kier molecular flexibility index (Phi) is 2.09. The molecule has 0 aromatic heterocycles. The molecule has 1 N–H and O–H groups in total. The number of carboxylic acids is 1. The molecule has 3 unspecified atom stereocenters. The zero-order valence-electron chi connectivity index (χ0n) is 9.41. The first-order chi connectivity index (χ1) is 8.28. The second-order valence-corrected chi connectivity index (χ2v) is 5.48. The predicted octanol–water partition coefficient (Wildman–Crippen LogP) is 1.26. The Morgan fingerprint density at radius 3 is 2.33 bits per heavy atom. The average molecular weight is 263 g/mol. The minimum absolute atomic E-state index is 0.0825. The van der Waals surface area contributed by atoms with Gasteiger partial charge in [-0.15, -0.1) is 0 Å². The molecule has 0 radical (unpaired) electrons. The van der Waals surface area contributed by atoms with Gasteiger partial charge in [-0.1, -0.05) is 0 Å². The number of rotatable bonds is 2. The molecule has 0 spiro atoms. The molecule has 18 heavy (non-hydrogen) atoms. The number of hydrogen-bond acceptors (Lipinski definition) is 2. The van der Waals surface area contributed by atoms with Crippen LogP contribution in [0.5, 0.6) is 0 Å². The molecule has 2 aliphatic carbocycles. The summed E-state index contributed by atoms with van der Waals surface area (Å²) in [5.74, 6) is -2.28. The van der Waals surface area contributed by atoms with Crippen LogP contribution in [0.15, 0.2) is 0 Å². The largest absolute Gasteiger partial charge is 0.480 e. The standard InChI is InChI=1S/C11H12F3NO3/c12-11(13,14)10(1-2-10)9(18)15-4-5-3-6(5)7(15)8(16)17/h5-7H,1-4H2,(H,16,17). The molecule has 1 heterocycles. The summed E-state index contributed by atoms with van der Waals surface area (Å²) in [5, 5.41) is 9.04. The highest BCUT2D eigenvalue weighted by molar-refractivity contribution is 5.91. The van der Waals surface area contributed by atoms with Gasteiger partial charge in [0.25, 0.3) is 0 Å². The van der Waals surface area contributed by atoms with Crippen molar-refractivity contribution < 1.29 is 27.9 Å². The molecule has 0 bridgehead atoms. The first-order valence-corrected chi connectivity index (χ1v) is 5.88. The minimum atomic E-state index is -4.57. The number of carboxylic acid groups (broad SMARTS) is 1. The second kappa shape index (κ2) is 3.19. The van der Waals surface area contributed by atoms with Crippen LogP contribution in [-0.2, 0) is 9.59 Å². The maximum absolute atomic E-state index is 12.8. The Hall–Kier alpha value is -1.27. The van der Waals surface area contributed by atoms with E-state index in [0.717, 1.165) is 4.90 Å². The number of likely N-dealkylation sites (tertiary alicyclic amines) is 1. The lowest BCUT2D eigenvalue weighted by atomic mass is 10.0.